The molecule has 0 aliphatic heterocycles. The van der Waals surface area contributed by atoms with E-state index in [0.717, 1.165) is 64.5 Å². The van der Waals surface area contributed by atoms with Crippen LogP contribution in [0.4, 0.5) is 0 Å². The Kier molecular flexibility index (Phi) is 4.96. The second-order valence-electron chi connectivity index (χ2n) is 9.43. The van der Waals surface area contributed by atoms with Gasteiger partial charge in [0.2, 0.25) is 0 Å². The Bertz CT molecular complexity index is 1730. The number of benzene rings is 1. The number of pyridine rings is 1. The number of hydrogen-bond donors (Lipinski definition) is 1. The zero-order chi connectivity index (χ0) is 24.3. The van der Waals surface area contributed by atoms with E-state index in [-0.39, 0.29) is 17.6 Å². The number of nitrogens with zero attached hydrogens (tertiary/aromatic N) is 5. The Labute approximate surface area is 201 Å². The lowest BCUT2D eigenvalue weighted by Gasteiger charge is -2.12. The van der Waals surface area contributed by atoms with Crippen molar-refractivity contribution in [2.24, 2.45) is 7.05 Å². The van der Waals surface area contributed by atoms with Gasteiger partial charge < -0.3 is 4.98 Å². The van der Waals surface area contributed by atoms with Crippen LogP contribution in [0.5, 0.6) is 0 Å². The number of nitrogens with one attached hydrogen (secondary N) is 1. The molecule has 0 unspecified atom stereocenters. The molecule has 0 atom stereocenters. The molecule has 5 aromatic rings. The van der Waals surface area contributed by atoms with Gasteiger partial charge in [0.05, 0.1) is 34.5 Å². The summed E-state index contributed by atoms with van der Waals surface area (Å²) in [6.07, 6.45) is 10.5. The van der Waals surface area contributed by atoms with Crippen LogP contribution in [0.3, 0.4) is 0 Å². The lowest BCUT2D eigenvalue weighted by molar-refractivity contribution is 0.510. The van der Waals surface area contributed by atoms with Crippen LogP contribution in [0.25, 0.3) is 44.5 Å². The van der Waals surface area contributed by atoms with Gasteiger partial charge in [0.1, 0.15) is 11.5 Å². The molecular weight excluding hydrogens is 464 g/mol. The fourth-order valence-corrected chi connectivity index (χ4v) is 6.02. The highest BCUT2D eigenvalue weighted by Crippen LogP contribution is 2.42. The summed E-state index contributed by atoms with van der Waals surface area (Å²) in [5.41, 5.74) is 5.79. The van der Waals surface area contributed by atoms with Crippen LogP contribution in [0, 0.1) is 0 Å². The van der Waals surface area contributed by atoms with Crippen molar-refractivity contribution < 1.29 is 8.42 Å². The Hall–Kier alpha value is -3.66. The smallest absolute Gasteiger partial charge is 0.329 e. The van der Waals surface area contributed by atoms with Crippen molar-refractivity contribution >= 4 is 31.9 Å². The summed E-state index contributed by atoms with van der Waals surface area (Å²) in [4.78, 5) is 21.6. The fourth-order valence-electron chi connectivity index (χ4n) is 5.39. The third-order valence-electron chi connectivity index (χ3n) is 6.91. The quantitative estimate of drug-likeness (QED) is 0.402. The molecule has 0 bridgehead atoms. The highest BCUT2D eigenvalue weighted by molar-refractivity contribution is 7.89. The van der Waals surface area contributed by atoms with E-state index in [2.05, 4.69) is 10.1 Å². The highest BCUT2D eigenvalue weighted by Gasteiger charge is 2.27. The standard InChI is InChI=1S/C25H26N6O3S/c1-29-19-13-26-24-21(23(19)31(25(29)32)18-10-6-7-11-18)20(16-8-4-3-5-9-16)22(28-24)17-12-27-30(14-17)15-35(2,33)34/h3-5,8-9,12-14,18H,6-7,10-11,15H2,1-2H3,(H,26,28). The van der Waals surface area contributed by atoms with Gasteiger partial charge in [-0.2, -0.15) is 5.10 Å². The highest BCUT2D eigenvalue weighted by atomic mass is 32.2. The van der Waals surface area contributed by atoms with Crippen molar-refractivity contribution in [3.63, 3.8) is 0 Å². The summed E-state index contributed by atoms with van der Waals surface area (Å²) < 4.78 is 28.7. The molecule has 1 saturated carbocycles. The van der Waals surface area contributed by atoms with Crippen molar-refractivity contribution in [1.29, 1.82) is 0 Å². The molecule has 9 nitrogen and oxygen atoms in total. The number of aromatic amines is 1. The Morgan fingerprint density at radius 3 is 2.54 bits per heavy atom. The van der Waals surface area contributed by atoms with Crippen LogP contribution in [-0.4, -0.2) is 43.6 Å². The normalized spacial score (nSPS) is 15.0. The number of hydrogen-bond acceptors (Lipinski definition) is 5. The zero-order valence-corrected chi connectivity index (χ0v) is 20.4. The van der Waals surface area contributed by atoms with Crippen LogP contribution in [-0.2, 0) is 22.8 Å². The molecule has 0 amide bonds. The summed E-state index contributed by atoms with van der Waals surface area (Å²) in [7, 11) is -1.44. The molecule has 1 aliphatic rings. The second-order valence-corrected chi connectivity index (χ2v) is 11.5. The van der Waals surface area contributed by atoms with Crippen LogP contribution in [0.2, 0.25) is 0 Å². The van der Waals surface area contributed by atoms with E-state index in [4.69, 9.17) is 4.98 Å². The summed E-state index contributed by atoms with van der Waals surface area (Å²) in [6.45, 7) is 0. The molecule has 4 aromatic heterocycles. The molecular formula is C25H26N6O3S. The predicted octanol–water partition coefficient (Wildman–Crippen LogP) is 3.86. The van der Waals surface area contributed by atoms with E-state index in [1.807, 2.05) is 34.9 Å². The van der Waals surface area contributed by atoms with E-state index in [1.165, 1.54) is 10.9 Å². The van der Waals surface area contributed by atoms with Crippen molar-refractivity contribution in [3.05, 3.63) is 59.4 Å². The molecule has 4 heterocycles. The van der Waals surface area contributed by atoms with E-state index in [9.17, 15) is 13.2 Å². The van der Waals surface area contributed by atoms with Gasteiger partial charge in [-0.3, -0.25) is 13.8 Å². The van der Waals surface area contributed by atoms with Crippen LogP contribution in [0.1, 0.15) is 31.7 Å². The van der Waals surface area contributed by atoms with Crippen molar-refractivity contribution in [3.8, 4) is 22.4 Å². The van der Waals surface area contributed by atoms with Gasteiger partial charge in [-0.1, -0.05) is 43.2 Å². The molecule has 1 N–H and O–H groups in total. The van der Waals surface area contributed by atoms with Crippen molar-refractivity contribution in [1.82, 2.24) is 28.9 Å². The van der Waals surface area contributed by atoms with Crippen molar-refractivity contribution in [2.75, 3.05) is 6.26 Å². The van der Waals surface area contributed by atoms with Crippen LogP contribution in [0.15, 0.2) is 53.7 Å². The monoisotopic (exact) mass is 490 g/mol. The Balaban J connectivity index is 1.69. The van der Waals surface area contributed by atoms with Gasteiger partial charge in [0.15, 0.2) is 9.84 Å². The minimum absolute atomic E-state index is 0.0241. The summed E-state index contributed by atoms with van der Waals surface area (Å²) in [6, 6.07) is 10.2. The zero-order valence-electron chi connectivity index (χ0n) is 19.6. The predicted molar refractivity (Wildman–Crippen MR) is 136 cm³/mol. The molecule has 35 heavy (non-hydrogen) atoms. The van der Waals surface area contributed by atoms with Gasteiger partial charge in [-0.05, 0) is 18.4 Å². The first-order valence-electron chi connectivity index (χ1n) is 11.7. The van der Waals surface area contributed by atoms with Gasteiger partial charge in [-0.15, -0.1) is 0 Å². The summed E-state index contributed by atoms with van der Waals surface area (Å²) >= 11 is 0. The number of sulfone groups is 1. The summed E-state index contributed by atoms with van der Waals surface area (Å²) in [5.74, 6) is -0.198. The maximum absolute atomic E-state index is 13.4. The lowest BCUT2D eigenvalue weighted by atomic mass is 9.99. The van der Waals surface area contributed by atoms with E-state index in [0.29, 0.717) is 5.65 Å². The fraction of sp³-hybridized carbons (Fsp3) is 0.320. The molecule has 1 aliphatic carbocycles. The average molecular weight is 491 g/mol. The molecule has 0 radical (unpaired) electrons. The maximum Gasteiger partial charge on any atom is 0.329 e. The molecule has 180 valence electrons. The van der Waals surface area contributed by atoms with Crippen LogP contribution >= 0.6 is 0 Å². The first kappa shape index (κ1) is 21.8. The lowest BCUT2D eigenvalue weighted by Crippen LogP contribution is -2.24. The minimum atomic E-state index is -3.24. The van der Waals surface area contributed by atoms with E-state index < -0.39 is 9.84 Å². The first-order valence-corrected chi connectivity index (χ1v) is 13.8. The molecule has 1 aromatic carbocycles. The third kappa shape index (κ3) is 3.59. The van der Waals surface area contributed by atoms with E-state index >= 15 is 0 Å². The number of H-pyrrole nitrogens is 1. The summed E-state index contributed by atoms with van der Waals surface area (Å²) in [5, 5.41) is 5.17. The molecule has 0 spiro atoms. The van der Waals surface area contributed by atoms with E-state index in [1.54, 1.807) is 30.2 Å². The number of rotatable bonds is 5. The largest absolute Gasteiger partial charge is 0.339 e. The Morgan fingerprint density at radius 2 is 1.83 bits per heavy atom. The second kappa shape index (κ2) is 7.94. The average Bonchev–Trinajstić information content (AvgIpc) is 3.60. The minimum Gasteiger partial charge on any atom is -0.339 e. The SMILES string of the molecule is Cn1c(=O)n(C2CCCC2)c2c3c(-c4ccccc4)c(-c4cnn(CS(C)(=O)=O)c4)[nH]c3ncc21. The number of aromatic nitrogens is 6. The van der Waals surface area contributed by atoms with Crippen molar-refractivity contribution in [2.45, 2.75) is 37.6 Å². The molecule has 10 heteroatoms. The van der Waals surface area contributed by atoms with Gasteiger partial charge >= 0.3 is 5.69 Å². The van der Waals surface area contributed by atoms with Gasteiger partial charge in [0.25, 0.3) is 0 Å². The molecule has 0 saturated heterocycles. The molecule has 6 rings (SSSR count). The number of fused-ring (bicyclic) bond motifs is 3. The van der Waals surface area contributed by atoms with Gasteiger partial charge in [-0.25, -0.2) is 18.2 Å². The van der Waals surface area contributed by atoms with Gasteiger partial charge in [0, 0.05) is 36.7 Å². The van der Waals surface area contributed by atoms with Crippen LogP contribution < -0.4 is 5.69 Å². The number of aryl methyl sites for hydroxylation is 1. The topological polar surface area (TPSA) is 108 Å². The number of imidazole rings is 1. The maximum atomic E-state index is 13.4. The Morgan fingerprint density at radius 1 is 1.09 bits per heavy atom. The first-order chi connectivity index (χ1) is 16.8. The molecule has 1 fully saturated rings. The third-order valence-corrected chi connectivity index (χ3v) is 7.65.